The molecule has 1 N–H and O–H groups in total. The third kappa shape index (κ3) is 2.93. The second-order valence-electron chi connectivity index (χ2n) is 5.39. The van der Waals surface area contributed by atoms with Gasteiger partial charge in [-0.25, -0.2) is 4.68 Å². The first-order valence-corrected chi connectivity index (χ1v) is 7.98. The highest BCUT2D eigenvalue weighted by Gasteiger charge is 2.42. The van der Waals surface area contributed by atoms with E-state index in [1.165, 1.54) is 32.1 Å². The minimum absolute atomic E-state index is 0.0572. The Bertz CT molecular complexity index is 420. The SMILES string of the molecule is OCCn1nnnc1SCC1CCC2(CCCC2)O1. The third-order valence-corrected chi connectivity index (χ3v) is 5.15. The Kier molecular flexibility index (Phi) is 4.04. The van der Waals surface area contributed by atoms with Crippen molar-refractivity contribution in [2.75, 3.05) is 12.4 Å². The molecule has 0 radical (unpaired) electrons. The van der Waals surface area contributed by atoms with Crippen LogP contribution in [0, 0.1) is 0 Å². The highest BCUT2D eigenvalue weighted by atomic mass is 32.2. The lowest BCUT2D eigenvalue weighted by molar-refractivity contribution is -0.0267. The maximum Gasteiger partial charge on any atom is 0.209 e. The molecule has 0 aromatic carbocycles. The maximum absolute atomic E-state index is 8.93. The molecule has 1 aromatic heterocycles. The summed E-state index contributed by atoms with van der Waals surface area (Å²) in [5, 5.41) is 21.2. The van der Waals surface area contributed by atoms with Crippen LogP contribution in [0.5, 0.6) is 0 Å². The Morgan fingerprint density at radius 1 is 1.37 bits per heavy atom. The molecule has 0 bridgehead atoms. The maximum atomic E-state index is 8.93. The van der Waals surface area contributed by atoms with Gasteiger partial charge in [-0.05, 0) is 36.1 Å². The Morgan fingerprint density at radius 2 is 2.21 bits per heavy atom. The number of thioether (sulfide) groups is 1. The van der Waals surface area contributed by atoms with Gasteiger partial charge in [0.25, 0.3) is 0 Å². The Balaban J connectivity index is 1.51. The Morgan fingerprint density at radius 3 is 3.00 bits per heavy atom. The smallest absolute Gasteiger partial charge is 0.209 e. The van der Waals surface area contributed by atoms with Gasteiger partial charge in [0, 0.05) is 5.75 Å². The largest absolute Gasteiger partial charge is 0.394 e. The second kappa shape index (κ2) is 5.76. The van der Waals surface area contributed by atoms with E-state index < -0.39 is 0 Å². The van der Waals surface area contributed by atoms with Crippen LogP contribution in [0.1, 0.15) is 38.5 Å². The predicted octanol–water partition coefficient (Wildman–Crippen LogP) is 1.25. The number of hydrogen-bond acceptors (Lipinski definition) is 6. The molecule has 1 saturated heterocycles. The van der Waals surface area contributed by atoms with E-state index in [9.17, 15) is 0 Å². The molecule has 1 aliphatic carbocycles. The number of aromatic nitrogens is 4. The predicted molar refractivity (Wildman–Crippen MR) is 70.9 cm³/mol. The Hall–Kier alpha value is -0.660. The highest BCUT2D eigenvalue weighted by Crippen LogP contribution is 2.44. The normalized spacial score (nSPS) is 25.4. The quantitative estimate of drug-likeness (QED) is 0.820. The van der Waals surface area contributed by atoms with Gasteiger partial charge in [-0.1, -0.05) is 24.6 Å². The van der Waals surface area contributed by atoms with Crippen LogP contribution in [0.25, 0.3) is 0 Å². The van der Waals surface area contributed by atoms with E-state index in [0.29, 0.717) is 12.6 Å². The van der Waals surface area contributed by atoms with E-state index in [4.69, 9.17) is 9.84 Å². The van der Waals surface area contributed by atoms with Gasteiger partial charge in [0.15, 0.2) is 0 Å². The van der Waals surface area contributed by atoms with Crippen LogP contribution in [0.15, 0.2) is 5.16 Å². The van der Waals surface area contributed by atoms with Crippen LogP contribution in [-0.2, 0) is 11.3 Å². The molecule has 1 spiro atoms. The lowest BCUT2D eigenvalue weighted by atomic mass is 9.98. The molecule has 6 nitrogen and oxygen atoms in total. The van der Waals surface area contributed by atoms with Gasteiger partial charge >= 0.3 is 0 Å². The first-order valence-electron chi connectivity index (χ1n) is 6.99. The van der Waals surface area contributed by atoms with Crippen molar-refractivity contribution < 1.29 is 9.84 Å². The minimum atomic E-state index is 0.0572. The summed E-state index contributed by atoms with van der Waals surface area (Å²) in [5.74, 6) is 0.896. The van der Waals surface area contributed by atoms with E-state index in [0.717, 1.165) is 17.3 Å². The summed E-state index contributed by atoms with van der Waals surface area (Å²) in [6.07, 6.45) is 7.77. The van der Waals surface area contributed by atoms with E-state index in [-0.39, 0.29) is 12.2 Å². The van der Waals surface area contributed by atoms with E-state index in [2.05, 4.69) is 15.5 Å². The molecule has 106 valence electrons. The van der Waals surface area contributed by atoms with Gasteiger partial charge in [-0.2, -0.15) is 0 Å². The monoisotopic (exact) mass is 284 g/mol. The van der Waals surface area contributed by atoms with Crippen molar-refractivity contribution in [1.82, 2.24) is 20.2 Å². The van der Waals surface area contributed by atoms with Crippen molar-refractivity contribution in [2.24, 2.45) is 0 Å². The van der Waals surface area contributed by atoms with Crippen molar-refractivity contribution in [3.05, 3.63) is 0 Å². The van der Waals surface area contributed by atoms with Crippen molar-refractivity contribution in [3.8, 4) is 0 Å². The minimum Gasteiger partial charge on any atom is -0.394 e. The zero-order valence-corrected chi connectivity index (χ0v) is 11.8. The zero-order valence-electron chi connectivity index (χ0n) is 11.0. The molecule has 1 saturated carbocycles. The average molecular weight is 284 g/mol. The summed E-state index contributed by atoms with van der Waals surface area (Å²) >= 11 is 1.62. The second-order valence-corrected chi connectivity index (χ2v) is 6.38. The molecule has 3 rings (SSSR count). The summed E-state index contributed by atoms with van der Waals surface area (Å²) in [6, 6.07) is 0. The topological polar surface area (TPSA) is 73.1 Å². The molecule has 1 unspecified atom stereocenters. The number of ether oxygens (including phenoxy) is 1. The van der Waals surface area contributed by atoms with E-state index in [1.54, 1.807) is 16.4 Å². The number of hydrogen-bond donors (Lipinski definition) is 1. The first-order chi connectivity index (χ1) is 9.31. The van der Waals surface area contributed by atoms with Gasteiger partial charge in [0.1, 0.15) is 0 Å². The molecule has 2 aliphatic rings. The van der Waals surface area contributed by atoms with Crippen LogP contribution < -0.4 is 0 Å². The summed E-state index contributed by atoms with van der Waals surface area (Å²) < 4.78 is 7.90. The number of aliphatic hydroxyl groups is 1. The van der Waals surface area contributed by atoms with E-state index in [1.807, 2.05) is 0 Å². The van der Waals surface area contributed by atoms with Gasteiger partial charge in [0.2, 0.25) is 5.16 Å². The van der Waals surface area contributed by atoms with Crippen LogP contribution in [0.4, 0.5) is 0 Å². The summed E-state index contributed by atoms with van der Waals surface area (Å²) in [5.41, 5.74) is 0.197. The molecule has 1 aromatic rings. The number of nitrogens with zero attached hydrogens (tertiary/aromatic N) is 4. The first kappa shape index (κ1) is 13.3. The molecule has 1 aliphatic heterocycles. The van der Waals surface area contributed by atoms with Crippen LogP contribution >= 0.6 is 11.8 Å². The van der Waals surface area contributed by atoms with Crippen molar-refractivity contribution in [1.29, 1.82) is 0 Å². The molecule has 1 atom stereocenters. The lowest BCUT2D eigenvalue weighted by Crippen LogP contribution is -2.25. The van der Waals surface area contributed by atoms with Gasteiger partial charge < -0.3 is 9.84 Å². The lowest BCUT2D eigenvalue weighted by Gasteiger charge is -2.23. The van der Waals surface area contributed by atoms with Crippen LogP contribution in [0.3, 0.4) is 0 Å². The number of rotatable bonds is 5. The molecular weight excluding hydrogens is 264 g/mol. The molecule has 2 heterocycles. The summed E-state index contributed by atoms with van der Waals surface area (Å²) in [4.78, 5) is 0. The van der Waals surface area contributed by atoms with Crippen LogP contribution in [-0.4, -0.2) is 49.4 Å². The fraction of sp³-hybridized carbons (Fsp3) is 0.917. The molecule has 2 fully saturated rings. The van der Waals surface area contributed by atoms with E-state index >= 15 is 0 Å². The highest BCUT2D eigenvalue weighted by molar-refractivity contribution is 7.99. The fourth-order valence-corrected chi connectivity index (χ4v) is 4.04. The van der Waals surface area contributed by atoms with Gasteiger partial charge in [-0.3, -0.25) is 0 Å². The number of aliphatic hydroxyl groups excluding tert-OH is 1. The standard InChI is InChI=1S/C12H20N4O2S/c17-8-7-16-11(13-14-15-16)19-9-10-3-6-12(18-10)4-1-2-5-12/h10,17H,1-9H2. The average Bonchev–Trinajstić information content (AvgIpc) is 3.12. The van der Waals surface area contributed by atoms with Crippen molar-refractivity contribution in [2.45, 2.75) is 61.9 Å². The van der Waals surface area contributed by atoms with Crippen molar-refractivity contribution in [3.63, 3.8) is 0 Å². The van der Waals surface area contributed by atoms with Gasteiger partial charge in [0.05, 0.1) is 24.9 Å². The fourth-order valence-electron chi connectivity index (χ4n) is 3.10. The van der Waals surface area contributed by atoms with Crippen LogP contribution in [0.2, 0.25) is 0 Å². The van der Waals surface area contributed by atoms with Crippen molar-refractivity contribution >= 4 is 11.8 Å². The third-order valence-electron chi connectivity index (χ3n) is 4.06. The molecule has 19 heavy (non-hydrogen) atoms. The zero-order chi connectivity index (χ0) is 13.1. The number of tetrazole rings is 1. The Labute approximate surface area is 116 Å². The molecular formula is C12H20N4O2S. The summed E-state index contributed by atoms with van der Waals surface area (Å²) in [6.45, 7) is 0.506. The molecule has 0 amide bonds. The molecule has 7 heteroatoms. The van der Waals surface area contributed by atoms with Gasteiger partial charge in [-0.15, -0.1) is 5.10 Å². The summed E-state index contributed by atoms with van der Waals surface area (Å²) in [7, 11) is 0.